The van der Waals surface area contributed by atoms with E-state index in [-0.39, 0.29) is 0 Å². The molecule has 0 heterocycles. The lowest BCUT2D eigenvalue weighted by Crippen LogP contribution is -2.15. The van der Waals surface area contributed by atoms with Gasteiger partial charge in [-0.05, 0) is 38.1 Å². The van der Waals surface area contributed by atoms with Crippen molar-refractivity contribution in [3.05, 3.63) is 0 Å². The average Bonchev–Trinajstić information content (AvgIpc) is 2.31. The molecule has 0 fully saturated rings. The molecule has 0 amide bonds. The van der Waals surface area contributed by atoms with Crippen molar-refractivity contribution >= 4 is 12.6 Å². The lowest BCUT2D eigenvalue weighted by Gasteiger charge is -2.03. The molecule has 0 saturated carbocycles. The highest BCUT2D eigenvalue weighted by Gasteiger charge is 1.92. The molecular formula is C14H31NS. The Balaban J connectivity index is 2.83. The third-order valence-corrected chi connectivity index (χ3v) is 3.25. The molecule has 0 unspecified atom stereocenters. The van der Waals surface area contributed by atoms with Crippen molar-refractivity contribution in [2.45, 2.75) is 71.1 Å². The van der Waals surface area contributed by atoms with Gasteiger partial charge in [0.2, 0.25) is 0 Å². The van der Waals surface area contributed by atoms with Gasteiger partial charge in [-0.25, -0.2) is 0 Å². The standard InChI is InChI=1S/C14H31NS/c1-2-12-15-13-10-8-6-4-3-5-7-9-11-14-16/h15-16H,2-14H2,1H3. The topological polar surface area (TPSA) is 12.0 Å². The molecule has 0 bridgehead atoms. The van der Waals surface area contributed by atoms with E-state index in [1.807, 2.05) is 0 Å². The zero-order valence-electron chi connectivity index (χ0n) is 11.1. The van der Waals surface area contributed by atoms with Crippen LogP contribution in [0.15, 0.2) is 0 Å². The molecule has 0 aromatic carbocycles. The minimum Gasteiger partial charge on any atom is -0.317 e. The molecule has 0 aromatic rings. The van der Waals surface area contributed by atoms with E-state index >= 15 is 0 Å². The molecule has 2 heteroatoms. The predicted octanol–water partition coefficient (Wildman–Crippen LogP) is 4.43. The summed E-state index contributed by atoms with van der Waals surface area (Å²) in [5.41, 5.74) is 0. The summed E-state index contributed by atoms with van der Waals surface area (Å²) >= 11 is 4.22. The zero-order valence-corrected chi connectivity index (χ0v) is 12.0. The van der Waals surface area contributed by atoms with Gasteiger partial charge in [-0.2, -0.15) is 12.6 Å². The fourth-order valence-electron chi connectivity index (χ4n) is 1.90. The van der Waals surface area contributed by atoms with Crippen LogP contribution < -0.4 is 5.32 Å². The molecule has 0 aliphatic carbocycles. The van der Waals surface area contributed by atoms with Crippen LogP contribution in [0.1, 0.15) is 71.1 Å². The summed E-state index contributed by atoms with van der Waals surface area (Å²) in [6.07, 6.45) is 13.9. The molecule has 16 heavy (non-hydrogen) atoms. The SMILES string of the molecule is CCCNCCCCCCCCCCCS. The van der Waals surface area contributed by atoms with Gasteiger partial charge < -0.3 is 5.32 Å². The quantitative estimate of drug-likeness (QED) is 0.361. The molecule has 0 radical (unpaired) electrons. The predicted molar refractivity (Wildman–Crippen MR) is 78.6 cm³/mol. The average molecular weight is 245 g/mol. The van der Waals surface area contributed by atoms with E-state index in [2.05, 4.69) is 24.9 Å². The second kappa shape index (κ2) is 15.3. The van der Waals surface area contributed by atoms with Gasteiger partial charge in [-0.1, -0.05) is 51.9 Å². The normalized spacial score (nSPS) is 10.9. The highest BCUT2D eigenvalue weighted by molar-refractivity contribution is 7.80. The van der Waals surface area contributed by atoms with Crippen LogP contribution in [0, 0.1) is 0 Å². The highest BCUT2D eigenvalue weighted by atomic mass is 32.1. The Bertz CT molecular complexity index is 103. The number of hydrogen-bond donors (Lipinski definition) is 2. The Labute approximate surface area is 108 Å². The fourth-order valence-corrected chi connectivity index (χ4v) is 2.12. The monoisotopic (exact) mass is 245 g/mol. The summed E-state index contributed by atoms with van der Waals surface area (Å²) in [6.45, 7) is 4.63. The molecular weight excluding hydrogens is 214 g/mol. The second-order valence-corrected chi connectivity index (χ2v) is 5.10. The molecule has 0 rings (SSSR count). The summed E-state index contributed by atoms with van der Waals surface area (Å²) in [5, 5.41) is 3.45. The Morgan fingerprint density at radius 1 is 0.688 bits per heavy atom. The largest absolute Gasteiger partial charge is 0.317 e. The van der Waals surface area contributed by atoms with Crippen LogP contribution in [0.5, 0.6) is 0 Å². The van der Waals surface area contributed by atoms with Crippen LogP contribution >= 0.6 is 12.6 Å². The highest BCUT2D eigenvalue weighted by Crippen LogP contribution is 2.09. The van der Waals surface area contributed by atoms with E-state index in [9.17, 15) is 0 Å². The maximum absolute atomic E-state index is 4.22. The van der Waals surface area contributed by atoms with Crippen molar-refractivity contribution in [3.8, 4) is 0 Å². The smallest absolute Gasteiger partial charge is 0.00489 e. The van der Waals surface area contributed by atoms with Crippen molar-refractivity contribution in [3.63, 3.8) is 0 Å². The summed E-state index contributed by atoms with van der Waals surface area (Å²) in [6, 6.07) is 0. The zero-order chi connectivity index (χ0) is 11.9. The van der Waals surface area contributed by atoms with E-state index < -0.39 is 0 Å². The Morgan fingerprint density at radius 3 is 1.69 bits per heavy atom. The molecule has 0 spiro atoms. The van der Waals surface area contributed by atoms with Gasteiger partial charge in [0, 0.05) is 0 Å². The number of unbranched alkanes of at least 4 members (excludes halogenated alkanes) is 8. The van der Waals surface area contributed by atoms with Gasteiger partial charge in [-0.15, -0.1) is 0 Å². The summed E-state index contributed by atoms with van der Waals surface area (Å²) in [5.74, 6) is 1.06. The van der Waals surface area contributed by atoms with E-state index in [1.165, 1.54) is 77.3 Å². The fraction of sp³-hybridized carbons (Fsp3) is 1.00. The van der Waals surface area contributed by atoms with Gasteiger partial charge in [-0.3, -0.25) is 0 Å². The van der Waals surface area contributed by atoms with Crippen LogP contribution in [0.2, 0.25) is 0 Å². The minimum atomic E-state index is 1.06. The van der Waals surface area contributed by atoms with E-state index in [0.717, 1.165) is 5.75 Å². The van der Waals surface area contributed by atoms with Gasteiger partial charge in [0.1, 0.15) is 0 Å². The first kappa shape index (κ1) is 16.3. The van der Waals surface area contributed by atoms with E-state index in [0.29, 0.717) is 0 Å². The number of rotatable bonds is 13. The minimum absolute atomic E-state index is 1.06. The molecule has 0 atom stereocenters. The van der Waals surface area contributed by atoms with Crippen LogP contribution in [0.25, 0.3) is 0 Å². The summed E-state index contributed by atoms with van der Waals surface area (Å²) < 4.78 is 0. The Kier molecular flexibility index (Phi) is 15.6. The lowest BCUT2D eigenvalue weighted by atomic mass is 10.1. The first-order valence-electron chi connectivity index (χ1n) is 7.23. The van der Waals surface area contributed by atoms with Gasteiger partial charge in [0.15, 0.2) is 0 Å². The van der Waals surface area contributed by atoms with Crippen LogP contribution in [-0.2, 0) is 0 Å². The van der Waals surface area contributed by atoms with Crippen LogP contribution in [-0.4, -0.2) is 18.8 Å². The second-order valence-electron chi connectivity index (χ2n) is 4.66. The van der Waals surface area contributed by atoms with Crippen molar-refractivity contribution in [2.24, 2.45) is 0 Å². The number of nitrogens with one attached hydrogen (secondary N) is 1. The number of hydrogen-bond acceptors (Lipinski definition) is 2. The molecule has 0 aliphatic rings. The van der Waals surface area contributed by atoms with E-state index in [4.69, 9.17) is 0 Å². The third-order valence-electron chi connectivity index (χ3n) is 2.94. The van der Waals surface area contributed by atoms with Crippen molar-refractivity contribution < 1.29 is 0 Å². The van der Waals surface area contributed by atoms with Gasteiger partial charge in [0.25, 0.3) is 0 Å². The molecule has 1 nitrogen and oxygen atoms in total. The maximum atomic E-state index is 4.22. The van der Waals surface area contributed by atoms with Crippen LogP contribution in [0.3, 0.4) is 0 Å². The Morgan fingerprint density at radius 2 is 1.19 bits per heavy atom. The molecule has 0 saturated heterocycles. The van der Waals surface area contributed by atoms with Crippen molar-refractivity contribution in [1.29, 1.82) is 0 Å². The molecule has 0 aromatic heterocycles. The maximum Gasteiger partial charge on any atom is -0.00489 e. The van der Waals surface area contributed by atoms with Crippen molar-refractivity contribution in [2.75, 3.05) is 18.8 Å². The lowest BCUT2D eigenvalue weighted by molar-refractivity contribution is 0.549. The Hall–Kier alpha value is 0.310. The van der Waals surface area contributed by atoms with Gasteiger partial charge >= 0.3 is 0 Å². The summed E-state index contributed by atoms with van der Waals surface area (Å²) in [4.78, 5) is 0. The molecule has 1 N–H and O–H groups in total. The molecule has 0 aliphatic heterocycles. The third kappa shape index (κ3) is 14.3. The first-order valence-corrected chi connectivity index (χ1v) is 7.86. The van der Waals surface area contributed by atoms with E-state index in [1.54, 1.807) is 0 Å². The number of thiol groups is 1. The summed E-state index contributed by atoms with van der Waals surface area (Å²) in [7, 11) is 0. The van der Waals surface area contributed by atoms with Crippen molar-refractivity contribution in [1.82, 2.24) is 5.32 Å². The first-order chi connectivity index (χ1) is 7.91. The molecule has 98 valence electrons. The van der Waals surface area contributed by atoms with Crippen LogP contribution in [0.4, 0.5) is 0 Å². The van der Waals surface area contributed by atoms with Gasteiger partial charge in [0.05, 0.1) is 0 Å².